The molecular weight excluding hydrogens is 324 g/mol. The average Bonchev–Trinajstić information content (AvgIpc) is 3.21. The van der Waals surface area contributed by atoms with Crippen LogP contribution in [0.2, 0.25) is 0 Å². The fraction of sp³-hybridized carbons (Fsp3) is 0.286. The largest absolute Gasteiger partial charge is 0.494 e. The topological polar surface area (TPSA) is 94.6 Å². The molecule has 1 amide bonds. The summed E-state index contributed by atoms with van der Waals surface area (Å²) in [4.78, 5) is 16.0. The molecule has 3 aromatic rings. The maximum absolute atomic E-state index is 12.5. The van der Waals surface area contributed by atoms with E-state index in [-0.39, 0.29) is 11.4 Å². The highest BCUT2D eigenvalue weighted by atomic mass is 19.3. The fourth-order valence-electron chi connectivity index (χ4n) is 2.19. The molecule has 0 spiro atoms. The van der Waals surface area contributed by atoms with Gasteiger partial charge in [-0.15, -0.1) is 0 Å². The van der Waals surface area contributed by atoms with Gasteiger partial charge in [0, 0.05) is 6.20 Å². The van der Waals surface area contributed by atoms with Crippen molar-refractivity contribution in [3.63, 3.8) is 0 Å². The van der Waals surface area contributed by atoms with Gasteiger partial charge in [-0.25, -0.2) is 4.52 Å². The molecule has 126 valence electrons. The number of rotatable bonds is 5. The van der Waals surface area contributed by atoms with Gasteiger partial charge in [0.15, 0.2) is 5.82 Å². The summed E-state index contributed by atoms with van der Waals surface area (Å²) in [6.45, 7) is 1.56. The van der Waals surface area contributed by atoms with Crippen LogP contribution in [-0.2, 0) is 0 Å². The van der Waals surface area contributed by atoms with Crippen molar-refractivity contribution in [2.75, 3.05) is 7.11 Å². The zero-order chi connectivity index (χ0) is 17.3. The van der Waals surface area contributed by atoms with E-state index in [1.165, 1.54) is 17.8 Å². The Morgan fingerprint density at radius 3 is 2.92 bits per heavy atom. The SMILES string of the molecule is COc1cccn2ncc(C(=O)NC(C)c3noc(C(F)F)n3)c12. The van der Waals surface area contributed by atoms with Crippen LogP contribution in [0.1, 0.15) is 41.5 Å². The number of nitrogens with one attached hydrogen (secondary N) is 1. The first-order chi connectivity index (χ1) is 11.5. The molecule has 1 N–H and O–H groups in total. The molecule has 0 aliphatic carbocycles. The molecule has 0 aromatic carbocycles. The third-order valence-corrected chi connectivity index (χ3v) is 3.35. The molecule has 24 heavy (non-hydrogen) atoms. The molecule has 8 nitrogen and oxygen atoms in total. The summed E-state index contributed by atoms with van der Waals surface area (Å²) < 4.78 is 36.1. The van der Waals surface area contributed by atoms with Gasteiger partial charge in [0.05, 0.1) is 24.9 Å². The van der Waals surface area contributed by atoms with Crippen LogP contribution in [0.25, 0.3) is 5.52 Å². The number of hydrogen-bond acceptors (Lipinski definition) is 6. The molecular formula is C14H13F2N5O3. The lowest BCUT2D eigenvalue weighted by Gasteiger charge is -2.10. The molecule has 3 aromatic heterocycles. The number of ether oxygens (including phenoxy) is 1. The first kappa shape index (κ1) is 15.8. The minimum atomic E-state index is -2.86. The minimum Gasteiger partial charge on any atom is -0.494 e. The van der Waals surface area contributed by atoms with Crippen LogP contribution in [0, 0.1) is 0 Å². The molecule has 1 unspecified atom stereocenters. The molecule has 0 aliphatic rings. The van der Waals surface area contributed by atoms with Crippen molar-refractivity contribution in [1.29, 1.82) is 0 Å². The molecule has 0 aliphatic heterocycles. The molecule has 10 heteroatoms. The molecule has 0 fully saturated rings. The Labute approximate surface area is 134 Å². The van der Waals surface area contributed by atoms with Crippen LogP contribution in [0.4, 0.5) is 8.78 Å². The number of aromatic nitrogens is 4. The number of fused-ring (bicyclic) bond motifs is 1. The van der Waals surface area contributed by atoms with E-state index in [0.717, 1.165) is 0 Å². The van der Waals surface area contributed by atoms with Crippen LogP contribution < -0.4 is 10.1 Å². The molecule has 0 radical (unpaired) electrons. The second-order valence-corrected chi connectivity index (χ2v) is 4.91. The number of amides is 1. The number of nitrogens with zero attached hydrogens (tertiary/aromatic N) is 4. The smallest absolute Gasteiger partial charge is 0.315 e. The van der Waals surface area contributed by atoms with E-state index in [4.69, 9.17) is 4.74 Å². The molecule has 3 heterocycles. The number of halogens is 2. The number of hydrogen-bond donors (Lipinski definition) is 1. The average molecular weight is 337 g/mol. The quantitative estimate of drug-likeness (QED) is 0.766. The predicted octanol–water partition coefficient (Wildman–Crippen LogP) is 2.15. The highest BCUT2D eigenvalue weighted by molar-refractivity contribution is 6.02. The van der Waals surface area contributed by atoms with Gasteiger partial charge in [0.1, 0.15) is 11.3 Å². The fourth-order valence-corrected chi connectivity index (χ4v) is 2.19. The minimum absolute atomic E-state index is 0.0397. The van der Waals surface area contributed by atoms with Gasteiger partial charge in [0.2, 0.25) is 0 Å². The lowest BCUT2D eigenvalue weighted by atomic mass is 10.2. The predicted molar refractivity (Wildman–Crippen MR) is 76.9 cm³/mol. The summed E-state index contributed by atoms with van der Waals surface area (Å²) in [6, 6.07) is 2.71. The molecule has 0 saturated carbocycles. The van der Waals surface area contributed by atoms with Crippen molar-refractivity contribution in [3.8, 4) is 5.75 Å². The van der Waals surface area contributed by atoms with Crippen molar-refractivity contribution in [1.82, 2.24) is 25.1 Å². The first-order valence-corrected chi connectivity index (χ1v) is 6.94. The summed E-state index contributed by atoms with van der Waals surface area (Å²) in [6.07, 6.45) is 0.199. The Hall–Kier alpha value is -3.04. The maximum Gasteiger partial charge on any atom is 0.315 e. The molecule has 3 rings (SSSR count). The maximum atomic E-state index is 12.5. The second kappa shape index (κ2) is 6.22. The van der Waals surface area contributed by atoms with E-state index in [9.17, 15) is 13.6 Å². The van der Waals surface area contributed by atoms with E-state index < -0.39 is 24.3 Å². The van der Waals surface area contributed by atoms with Crippen LogP contribution >= 0.6 is 0 Å². The van der Waals surface area contributed by atoms with E-state index in [0.29, 0.717) is 11.3 Å². The van der Waals surface area contributed by atoms with E-state index in [2.05, 4.69) is 25.1 Å². The normalized spacial score (nSPS) is 12.5. The van der Waals surface area contributed by atoms with Crippen LogP contribution in [-0.4, -0.2) is 32.8 Å². The van der Waals surface area contributed by atoms with Crippen molar-refractivity contribution < 1.29 is 22.8 Å². The number of pyridine rings is 1. The van der Waals surface area contributed by atoms with Gasteiger partial charge < -0.3 is 14.6 Å². The number of carbonyl (C=O) groups is 1. The Balaban J connectivity index is 1.84. The van der Waals surface area contributed by atoms with Crippen LogP contribution in [0.15, 0.2) is 29.0 Å². The summed E-state index contributed by atoms with van der Waals surface area (Å²) in [7, 11) is 1.48. The second-order valence-electron chi connectivity index (χ2n) is 4.91. The van der Waals surface area contributed by atoms with Gasteiger partial charge in [-0.05, 0) is 19.1 Å². The van der Waals surface area contributed by atoms with Gasteiger partial charge in [-0.3, -0.25) is 4.79 Å². The van der Waals surface area contributed by atoms with Gasteiger partial charge >= 0.3 is 6.43 Å². The van der Waals surface area contributed by atoms with Crippen molar-refractivity contribution >= 4 is 11.4 Å². The van der Waals surface area contributed by atoms with Crippen molar-refractivity contribution in [3.05, 3.63) is 41.8 Å². The Kier molecular flexibility index (Phi) is 4.11. The summed E-state index contributed by atoms with van der Waals surface area (Å²) in [5, 5.41) is 10.1. The van der Waals surface area contributed by atoms with E-state index >= 15 is 0 Å². The summed E-state index contributed by atoms with van der Waals surface area (Å²) >= 11 is 0. The Morgan fingerprint density at radius 1 is 1.46 bits per heavy atom. The van der Waals surface area contributed by atoms with Gasteiger partial charge in [-0.1, -0.05) is 5.16 Å². The monoisotopic (exact) mass is 337 g/mol. The highest BCUT2D eigenvalue weighted by Crippen LogP contribution is 2.23. The lowest BCUT2D eigenvalue weighted by Crippen LogP contribution is -2.27. The lowest BCUT2D eigenvalue weighted by molar-refractivity contribution is 0.0938. The zero-order valence-corrected chi connectivity index (χ0v) is 12.7. The Morgan fingerprint density at radius 2 is 2.25 bits per heavy atom. The number of carbonyl (C=O) groups excluding carboxylic acids is 1. The van der Waals surface area contributed by atoms with Crippen molar-refractivity contribution in [2.24, 2.45) is 0 Å². The third-order valence-electron chi connectivity index (χ3n) is 3.35. The first-order valence-electron chi connectivity index (χ1n) is 6.94. The van der Waals surface area contributed by atoms with E-state index in [1.54, 1.807) is 25.3 Å². The summed E-state index contributed by atoms with van der Waals surface area (Å²) in [5.74, 6) is -0.816. The van der Waals surface area contributed by atoms with Crippen LogP contribution in [0.5, 0.6) is 5.75 Å². The van der Waals surface area contributed by atoms with E-state index in [1.807, 2.05) is 0 Å². The van der Waals surface area contributed by atoms with Gasteiger partial charge in [-0.2, -0.15) is 18.9 Å². The van der Waals surface area contributed by atoms with Crippen LogP contribution in [0.3, 0.4) is 0 Å². The molecule has 0 saturated heterocycles. The van der Waals surface area contributed by atoms with Crippen molar-refractivity contribution in [2.45, 2.75) is 19.4 Å². The summed E-state index contributed by atoms with van der Waals surface area (Å²) in [5.41, 5.74) is 0.767. The number of methoxy groups -OCH3 is 1. The zero-order valence-electron chi connectivity index (χ0n) is 12.7. The van der Waals surface area contributed by atoms with Gasteiger partial charge in [0.25, 0.3) is 11.8 Å². The third kappa shape index (κ3) is 2.77. The Bertz CT molecular complexity index is 876. The number of alkyl halides is 2. The molecule has 1 atom stereocenters. The standard InChI is InChI=1S/C14H13F2N5O3/c1-7(12-19-14(11(15)16)24-20-12)18-13(22)8-6-17-21-5-3-4-9(23-2)10(8)21/h3-7,11H,1-2H3,(H,18,22). The highest BCUT2D eigenvalue weighted by Gasteiger charge is 2.23. The molecule has 0 bridgehead atoms.